The number of rotatable bonds is 3. The minimum atomic E-state index is -0.0358. The summed E-state index contributed by atoms with van der Waals surface area (Å²) in [4.78, 5) is 16.1. The Hall–Kier alpha value is -2.52. The van der Waals surface area contributed by atoms with Gasteiger partial charge in [-0.15, -0.1) is 11.8 Å². The van der Waals surface area contributed by atoms with Gasteiger partial charge in [0, 0.05) is 21.7 Å². The molecule has 0 radical (unpaired) electrons. The first-order chi connectivity index (χ1) is 13.8. The minimum absolute atomic E-state index is 0.0358. The van der Waals surface area contributed by atoms with Gasteiger partial charge in [-0.2, -0.15) is 0 Å². The van der Waals surface area contributed by atoms with Crippen molar-refractivity contribution in [2.24, 2.45) is 0 Å². The number of hydrogen-bond donors (Lipinski definition) is 1. The quantitative estimate of drug-likeness (QED) is 0.422. The molecule has 2 nitrogen and oxygen atoms in total. The fraction of sp³-hybridized carbons (Fsp3) is 0.240. The Balaban J connectivity index is 1.54. The molecule has 4 aromatic rings. The summed E-state index contributed by atoms with van der Waals surface area (Å²) < 4.78 is 0. The molecule has 3 aromatic carbocycles. The Morgan fingerprint density at radius 1 is 0.821 bits per heavy atom. The standard InChI is InChI=1S/C25H23NOS/c27-25-24-11-9-18(15-19(24)13-14-26-25)22-8-4-5-17-16-21(10-12-23(17)22)28-20-6-2-1-3-7-20/h4-5,8-16,20H,1-3,6-7H2,(H,26,27). The fourth-order valence-corrected chi connectivity index (χ4v) is 5.62. The van der Waals surface area contributed by atoms with E-state index >= 15 is 0 Å². The lowest BCUT2D eigenvalue weighted by Crippen LogP contribution is -2.07. The van der Waals surface area contributed by atoms with Gasteiger partial charge in [0.25, 0.3) is 5.56 Å². The fourth-order valence-electron chi connectivity index (χ4n) is 4.32. The number of nitrogens with one attached hydrogen (secondary N) is 1. The number of aromatic amines is 1. The van der Waals surface area contributed by atoms with E-state index in [-0.39, 0.29) is 5.56 Å². The second kappa shape index (κ2) is 7.48. The molecule has 1 aliphatic carbocycles. The first-order valence-electron chi connectivity index (χ1n) is 10.1. The van der Waals surface area contributed by atoms with Crippen LogP contribution >= 0.6 is 11.8 Å². The van der Waals surface area contributed by atoms with E-state index in [2.05, 4.69) is 53.5 Å². The number of pyridine rings is 1. The molecule has 0 bridgehead atoms. The average Bonchev–Trinajstić information content (AvgIpc) is 2.74. The van der Waals surface area contributed by atoms with E-state index < -0.39 is 0 Å². The molecule has 1 N–H and O–H groups in total. The van der Waals surface area contributed by atoms with Crippen molar-refractivity contribution in [1.82, 2.24) is 4.98 Å². The summed E-state index contributed by atoms with van der Waals surface area (Å²) in [6.45, 7) is 0. The molecule has 0 aliphatic heterocycles. The van der Waals surface area contributed by atoms with Crippen LogP contribution in [-0.4, -0.2) is 10.2 Å². The summed E-state index contributed by atoms with van der Waals surface area (Å²) in [7, 11) is 0. The zero-order chi connectivity index (χ0) is 18.9. The van der Waals surface area contributed by atoms with Gasteiger partial charge in [0.2, 0.25) is 0 Å². The Labute approximate surface area is 169 Å². The lowest BCUT2D eigenvalue weighted by atomic mass is 9.97. The van der Waals surface area contributed by atoms with Gasteiger partial charge in [0.05, 0.1) is 0 Å². The smallest absolute Gasteiger partial charge is 0.255 e. The summed E-state index contributed by atoms with van der Waals surface area (Å²) in [5.74, 6) is 0. The van der Waals surface area contributed by atoms with Crippen LogP contribution in [-0.2, 0) is 0 Å². The molecule has 0 unspecified atom stereocenters. The maximum absolute atomic E-state index is 12.0. The average molecular weight is 386 g/mol. The van der Waals surface area contributed by atoms with Crippen molar-refractivity contribution in [3.05, 3.63) is 77.2 Å². The number of fused-ring (bicyclic) bond motifs is 2. The predicted molar refractivity (Wildman–Crippen MR) is 120 cm³/mol. The number of aromatic nitrogens is 1. The number of hydrogen-bond acceptors (Lipinski definition) is 2. The van der Waals surface area contributed by atoms with Crippen molar-refractivity contribution in [1.29, 1.82) is 0 Å². The van der Waals surface area contributed by atoms with E-state index in [1.54, 1.807) is 6.20 Å². The maximum Gasteiger partial charge on any atom is 0.255 e. The van der Waals surface area contributed by atoms with Crippen molar-refractivity contribution in [2.45, 2.75) is 42.2 Å². The Morgan fingerprint density at radius 3 is 2.54 bits per heavy atom. The summed E-state index contributed by atoms with van der Waals surface area (Å²) in [5, 5.41) is 5.03. The van der Waals surface area contributed by atoms with Crippen LogP contribution in [0.2, 0.25) is 0 Å². The summed E-state index contributed by atoms with van der Waals surface area (Å²) in [6.07, 6.45) is 8.56. The highest BCUT2D eigenvalue weighted by molar-refractivity contribution is 8.00. The monoisotopic (exact) mass is 385 g/mol. The molecule has 28 heavy (non-hydrogen) atoms. The minimum Gasteiger partial charge on any atom is -0.329 e. The molecule has 0 spiro atoms. The third kappa shape index (κ3) is 3.35. The molecule has 1 heterocycles. The molecule has 1 aromatic heterocycles. The lowest BCUT2D eigenvalue weighted by Gasteiger charge is -2.21. The highest BCUT2D eigenvalue weighted by atomic mass is 32.2. The number of benzene rings is 3. The van der Waals surface area contributed by atoms with Gasteiger partial charge in [-0.3, -0.25) is 4.79 Å². The molecule has 1 fully saturated rings. The summed E-state index contributed by atoms with van der Waals surface area (Å²) in [6, 6.07) is 21.4. The van der Waals surface area contributed by atoms with Gasteiger partial charge in [-0.25, -0.2) is 0 Å². The van der Waals surface area contributed by atoms with Crippen LogP contribution in [0.5, 0.6) is 0 Å². The maximum atomic E-state index is 12.0. The second-order valence-corrected chi connectivity index (χ2v) is 9.05. The molecular weight excluding hydrogens is 362 g/mol. The largest absolute Gasteiger partial charge is 0.329 e. The Kier molecular flexibility index (Phi) is 4.69. The van der Waals surface area contributed by atoms with Crippen molar-refractivity contribution in [3.8, 4) is 11.1 Å². The molecule has 0 saturated heterocycles. The first-order valence-corrected chi connectivity index (χ1v) is 11.0. The molecule has 0 atom stereocenters. The van der Waals surface area contributed by atoms with Crippen LogP contribution in [0.3, 0.4) is 0 Å². The number of thioether (sulfide) groups is 1. The molecular formula is C25H23NOS. The molecule has 1 saturated carbocycles. The van der Waals surface area contributed by atoms with Gasteiger partial charge in [-0.1, -0.05) is 49.6 Å². The summed E-state index contributed by atoms with van der Waals surface area (Å²) in [5.41, 5.74) is 2.33. The summed E-state index contributed by atoms with van der Waals surface area (Å²) >= 11 is 2.05. The van der Waals surface area contributed by atoms with Crippen LogP contribution in [0, 0.1) is 0 Å². The predicted octanol–water partition coefficient (Wildman–Crippen LogP) is 6.77. The van der Waals surface area contributed by atoms with Crippen LogP contribution in [0.1, 0.15) is 32.1 Å². The zero-order valence-electron chi connectivity index (χ0n) is 15.8. The second-order valence-electron chi connectivity index (χ2n) is 7.68. The van der Waals surface area contributed by atoms with E-state index in [1.807, 2.05) is 23.9 Å². The van der Waals surface area contributed by atoms with E-state index in [9.17, 15) is 4.79 Å². The normalized spacial score (nSPS) is 15.3. The third-order valence-electron chi connectivity index (χ3n) is 5.79. The van der Waals surface area contributed by atoms with Crippen LogP contribution < -0.4 is 5.56 Å². The highest BCUT2D eigenvalue weighted by Crippen LogP contribution is 2.37. The zero-order valence-corrected chi connectivity index (χ0v) is 16.6. The van der Waals surface area contributed by atoms with Gasteiger partial charge in [-0.05, 0) is 70.5 Å². The van der Waals surface area contributed by atoms with E-state index in [1.165, 1.54) is 53.3 Å². The topological polar surface area (TPSA) is 32.9 Å². The van der Waals surface area contributed by atoms with Crippen molar-refractivity contribution in [2.75, 3.05) is 0 Å². The van der Waals surface area contributed by atoms with E-state index in [0.717, 1.165) is 21.6 Å². The van der Waals surface area contributed by atoms with Crippen molar-refractivity contribution >= 4 is 33.3 Å². The molecule has 140 valence electrons. The number of H-pyrrole nitrogens is 1. The van der Waals surface area contributed by atoms with E-state index in [4.69, 9.17) is 0 Å². The third-order valence-corrected chi connectivity index (χ3v) is 7.12. The van der Waals surface area contributed by atoms with Crippen LogP contribution in [0.4, 0.5) is 0 Å². The van der Waals surface area contributed by atoms with Gasteiger partial charge < -0.3 is 4.98 Å². The molecule has 5 rings (SSSR count). The first kappa shape index (κ1) is 17.6. The molecule has 3 heteroatoms. The van der Waals surface area contributed by atoms with Crippen LogP contribution in [0.25, 0.3) is 32.7 Å². The van der Waals surface area contributed by atoms with Crippen molar-refractivity contribution < 1.29 is 0 Å². The van der Waals surface area contributed by atoms with Crippen LogP contribution in [0.15, 0.2) is 76.6 Å². The van der Waals surface area contributed by atoms with E-state index in [0.29, 0.717) is 0 Å². The highest BCUT2D eigenvalue weighted by Gasteiger charge is 2.15. The van der Waals surface area contributed by atoms with Gasteiger partial charge in [0.1, 0.15) is 0 Å². The SMILES string of the molecule is O=c1[nH]ccc2cc(-c3cccc4cc(SC5CCCCC5)ccc34)ccc12. The van der Waals surface area contributed by atoms with Gasteiger partial charge in [0.15, 0.2) is 0 Å². The Bertz CT molecular complexity index is 1200. The van der Waals surface area contributed by atoms with Crippen molar-refractivity contribution in [3.63, 3.8) is 0 Å². The Morgan fingerprint density at radius 2 is 1.64 bits per heavy atom. The lowest BCUT2D eigenvalue weighted by molar-refractivity contribution is 0.516. The molecule has 0 amide bonds. The molecule has 1 aliphatic rings. The van der Waals surface area contributed by atoms with Gasteiger partial charge >= 0.3 is 0 Å².